The smallest absolute Gasteiger partial charge is 0.230 e. The van der Waals surface area contributed by atoms with Gasteiger partial charge in [0.15, 0.2) is 0 Å². The van der Waals surface area contributed by atoms with E-state index in [0.717, 1.165) is 11.8 Å². The third-order valence-corrected chi connectivity index (χ3v) is 4.54. The van der Waals surface area contributed by atoms with Crippen molar-refractivity contribution in [2.24, 2.45) is 0 Å². The largest absolute Gasteiger partial charge is 0.549 e. The number of rotatable bonds is 9. The maximum atomic E-state index is 11.8. The standard InChI is InChI=1S/C18H18ClNO5S/c1-24-12-5-7-13(8-6-12)25-16-4-2-3-15(19)14(16)9-20-17(21)10-26-11-18(22)23/h2-8H,9-11H2,1H3,(H,20,21)(H,22,23)/p-1. The molecule has 2 rings (SSSR count). The van der Waals surface area contributed by atoms with Crippen LogP contribution in [0.3, 0.4) is 0 Å². The lowest BCUT2D eigenvalue weighted by Crippen LogP contribution is -2.28. The zero-order valence-corrected chi connectivity index (χ0v) is 15.6. The van der Waals surface area contributed by atoms with Crippen molar-refractivity contribution < 1.29 is 24.2 Å². The lowest BCUT2D eigenvalue weighted by Gasteiger charge is -2.14. The van der Waals surface area contributed by atoms with E-state index in [1.54, 1.807) is 49.6 Å². The van der Waals surface area contributed by atoms with Gasteiger partial charge in [0.25, 0.3) is 0 Å². The van der Waals surface area contributed by atoms with Crippen molar-refractivity contribution in [1.29, 1.82) is 0 Å². The maximum absolute atomic E-state index is 11.8. The first-order chi connectivity index (χ1) is 12.5. The Morgan fingerprint density at radius 1 is 1.12 bits per heavy atom. The molecular formula is C18H17ClNO5S-. The number of nitrogens with one attached hydrogen (secondary N) is 1. The third kappa shape index (κ3) is 6.16. The van der Waals surface area contributed by atoms with Crippen LogP contribution in [0.4, 0.5) is 0 Å². The molecule has 0 bridgehead atoms. The lowest BCUT2D eigenvalue weighted by atomic mass is 10.2. The van der Waals surface area contributed by atoms with Gasteiger partial charge in [0.2, 0.25) is 5.91 Å². The summed E-state index contributed by atoms with van der Waals surface area (Å²) in [6.45, 7) is 0.163. The second-order valence-corrected chi connectivity index (χ2v) is 6.53. The summed E-state index contributed by atoms with van der Waals surface area (Å²) >= 11 is 7.20. The molecule has 0 aliphatic heterocycles. The Kier molecular flexibility index (Phi) is 7.62. The van der Waals surface area contributed by atoms with Gasteiger partial charge in [-0.3, -0.25) is 4.79 Å². The molecule has 0 aliphatic rings. The molecule has 0 fully saturated rings. The number of hydrogen-bond donors (Lipinski definition) is 1. The fourth-order valence-electron chi connectivity index (χ4n) is 2.04. The summed E-state index contributed by atoms with van der Waals surface area (Å²) in [5.74, 6) is 0.120. The van der Waals surface area contributed by atoms with Gasteiger partial charge in [-0.1, -0.05) is 17.7 Å². The predicted octanol–water partition coefficient (Wildman–Crippen LogP) is 2.24. The average molecular weight is 395 g/mol. The van der Waals surface area contributed by atoms with E-state index in [1.165, 1.54) is 0 Å². The number of amides is 1. The number of halogens is 1. The van der Waals surface area contributed by atoms with Gasteiger partial charge in [-0.15, -0.1) is 11.8 Å². The minimum Gasteiger partial charge on any atom is -0.549 e. The summed E-state index contributed by atoms with van der Waals surface area (Å²) in [5.41, 5.74) is 0.628. The van der Waals surface area contributed by atoms with Gasteiger partial charge in [-0.05, 0) is 36.4 Å². The molecule has 1 amide bonds. The Bertz CT molecular complexity index is 767. The van der Waals surface area contributed by atoms with Crippen LogP contribution in [0, 0.1) is 0 Å². The summed E-state index contributed by atoms with van der Waals surface area (Å²) in [6.07, 6.45) is 0. The third-order valence-electron chi connectivity index (χ3n) is 3.28. The van der Waals surface area contributed by atoms with E-state index in [-0.39, 0.29) is 24.0 Å². The highest BCUT2D eigenvalue weighted by atomic mass is 35.5. The van der Waals surface area contributed by atoms with Crippen molar-refractivity contribution in [3.05, 3.63) is 53.1 Å². The molecule has 0 atom stereocenters. The molecule has 0 unspecified atom stereocenters. The Labute approximate surface area is 160 Å². The normalized spacial score (nSPS) is 10.2. The molecule has 0 aliphatic carbocycles. The van der Waals surface area contributed by atoms with Crippen molar-refractivity contribution in [2.45, 2.75) is 6.54 Å². The second-order valence-electron chi connectivity index (χ2n) is 5.14. The predicted molar refractivity (Wildman–Crippen MR) is 98.7 cm³/mol. The molecule has 0 radical (unpaired) electrons. The number of aliphatic carboxylic acids is 1. The monoisotopic (exact) mass is 394 g/mol. The Morgan fingerprint density at radius 2 is 1.81 bits per heavy atom. The van der Waals surface area contributed by atoms with Crippen LogP contribution in [0.2, 0.25) is 5.02 Å². The highest BCUT2D eigenvalue weighted by Gasteiger charge is 2.11. The van der Waals surface area contributed by atoms with E-state index in [1.807, 2.05) is 0 Å². The Hall–Kier alpha value is -2.38. The van der Waals surface area contributed by atoms with Crippen LogP contribution in [0.1, 0.15) is 5.56 Å². The molecule has 0 spiro atoms. The SMILES string of the molecule is COc1ccc(Oc2cccc(Cl)c2CNC(=O)CSCC(=O)[O-])cc1. The van der Waals surface area contributed by atoms with Gasteiger partial charge in [0.05, 0.1) is 18.8 Å². The summed E-state index contributed by atoms with van der Waals surface area (Å²) in [4.78, 5) is 22.2. The van der Waals surface area contributed by atoms with Crippen LogP contribution in [0.15, 0.2) is 42.5 Å². The van der Waals surface area contributed by atoms with Crippen LogP contribution in [0.25, 0.3) is 0 Å². The average Bonchev–Trinajstić information content (AvgIpc) is 2.61. The summed E-state index contributed by atoms with van der Waals surface area (Å²) in [7, 11) is 1.58. The highest BCUT2D eigenvalue weighted by Crippen LogP contribution is 2.31. The molecule has 26 heavy (non-hydrogen) atoms. The topological polar surface area (TPSA) is 87.7 Å². The molecule has 2 aromatic rings. The summed E-state index contributed by atoms with van der Waals surface area (Å²) < 4.78 is 11.0. The fourth-order valence-corrected chi connectivity index (χ4v) is 2.83. The van der Waals surface area contributed by atoms with Gasteiger partial charge < -0.3 is 24.7 Å². The number of carbonyl (C=O) groups excluding carboxylic acids is 2. The number of benzene rings is 2. The number of carboxylic acids is 1. The Morgan fingerprint density at radius 3 is 2.46 bits per heavy atom. The van der Waals surface area contributed by atoms with Crippen LogP contribution < -0.4 is 19.9 Å². The van der Waals surface area contributed by atoms with Crippen molar-refractivity contribution in [3.8, 4) is 17.2 Å². The summed E-state index contributed by atoms with van der Waals surface area (Å²) in [6, 6.07) is 12.3. The van der Waals surface area contributed by atoms with Crippen molar-refractivity contribution in [2.75, 3.05) is 18.6 Å². The number of carboxylic acid groups (broad SMARTS) is 1. The van der Waals surface area contributed by atoms with Crippen LogP contribution in [0.5, 0.6) is 17.2 Å². The minimum atomic E-state index is -1.20. The van der Waals surface area contributed by atoms with Gasteiger partial charge >= 0.3 is 0 Å². The number of methoxy groups -OCH3 is 1. The van der Waals surface area contributed by atoms with Crippen molar-refractivity contribution in [1.82, 2.24) is 5.32 Å². The van der Waals surface area contributed by atoms with Gasteiger partial charge in [0, 0.05) is 22.9 Å². The molecule has 8 heteroatoms. The van der Waals surface area contributed by atoms with Crippen LogP contribution >= 0.6 is 23.4 Å². The molecule has 0 saturated heterocycles. The number of carbonyl (C=O) groups is 2. The molecule has 1 N–H and O–H groups in total. The molecular weight excluding hydrogens is 378 g/mol. The van der Waals surface area contributed by atoms with Crippen LogP contribution in [-0.4, -0.2) is 30.5 Å². The van der Waals surface area contributed by atoms with Gasteiger partial charge in [0.1, 0.15) is 17.2 Å². The number of ether oxygens (including phenoxy) is 2. The number of hydrogen-bond acceptors (Lipinski definition) is 6. The molecule has 0 heterocycles. The molecule has 0 aromatic heterocycles. The number of thioether (sulfide) groups is 1. The quantitative estimate of drug-likeness (QED) is 0.701. The first-order valence-electron chi connectivity index (χ1n) is 7.63. The molecule has 2 aromatic carbocycles. The zero-order valence-electron chi connectivity index (χ0n) is 14.0. The van der Waals surface area contributed by atoms with Gasteiger partial charge in [-0.2, -0.15) is 0 Å². The minimum absolute atomic E-state index is 0.0209. The molecule has 138 valence electrons. The molecule has 0 saturated carbocycles. The van der Waals surface area contributed by atoms with E-state index in [9.17, 15) is 14.7 Å². The van der Waals surface area contributed by atoms with Crippen LogP contribution in [-0.2, 0) is 16.1 Å². The lowest BCUT2D eigenvalue weighted by molar-refractivity contribution is -0.301. The maximum Gasteiger partial charge on any atom is 0.230 e. The van der Waals surface area contributed by atoms with E-state index < -0.39 is 5.97 Å². The van der Waals surface area contributed by atoms with E-state index in [0.29, 0.717) is 27.8 Å². The van der Waals surface area contributed by atoms with E-state index in [2.05, 4.69) is 5.32 Å². The van der Waals surface area contributed by atoms with E-state index in [4.69, 9.17) is 21.1 Å². The van der Waals surface area contributed by atoms with Crippen molar-refractivity contribution >= 4 is 35.2 Å². The second kappa shape index (κ2) is 9.94. The van der Waals surface area contributed by atoms with Gasteiger partial charge in [-0.25, -0.2) is 0 Å². The fraction of sp³-hybridized carbons (Fsp3) is 0.222. The Balaban J connectivity index is 2.01. The first-order valence-corrected chi connectivity index (χ1v) is 9.16. The highest BCUT2D eigenvalue weighted by molar-refractivity contribution is 8.00. The molecule has 6 nitrogen and oxygen atoms in total. The first kappa shape index (κ1) is 19.9. The van der Waals surface area contributed by atoms with E-state index >= 15 is 0 Å². The zero-order chi connectivity index (χ0) is 18.9. The summed E-state index contributed by atoms with van der Waals surface area (Å²) in [5, 5.41) is 13.5. The van der Waals surface area contributed by atoms with Crippen molar-refractivity contribution in [3.63, 3.8) is 0 Å².